The number of ether oxygens (including phenoxy) is 1. The van der Waals surface area contributed by atoms with Gasteiger partial charge in [-0.3, -0.25) is 29.5 Å². The van der Waals surface area contributed by atoms with E-state index >= 15 is 4.79 Å². The predicted molar refractivity (Wildman–Crippen MR) is 194 cm³/mol. The number of fused-ring (bicyclic) bond motifs is 4. The minimum absolute atomic E-state index is 0.102. The van der Waals surface area contributed by atoms with E-state index in [2.05, 4.69) is 5.43 Å². The molecule has 272 valence electrons. The standard InChI is InChI=1S/C40H35Cl2N3O8/c1-52-25-9-4-22(5-10-25)40-30(37(49)45(39(40)51)43-32-14-6-23(41)18-31(32)42)19-29-27(35(40)33-15-11-26(20-46)53-33)12-13-28-34(29)38(50)44(36(28)48)17-16-21-2-7-24(47)8-3-21/h2-12,14-15,18,28-30,34-35,43,46-47H,13,16-17,19-20H2,1H3/t28-,29+,30-,34-,35+,40+/m0/s1. The zero-order valence-corrected chi connectivity index (χ0v) is 30.0. The molecule has 3 fully saturated rings. The van der Waals surface area contributed by atoms with E-state index in [1.165, 1.54) is 18.1 Å². The van der Waals surface area contributed by atoms with E-state index in [9.17, 15) is 24.6 Å². The first-order valence-corrected chi connectivity index (χ1v) is 18.1. The van der Waals surface area contributed by atoms with Crippen molar-refractivity contribution in [3.8, 4) is 11.5 Å². The number of hydrazine groups is 1. The number of aliphatic hydroxyl groups excluding tert-OH is 1. The van der Waals surface area contributed by atoms with Crippen molar-refractivity contribution in [3.63, 3.8) is 0 Å². The number of rotatable bonds is 9. The molecular weight excluding hydrogens is 721 g/mol. The lowest BCUT2D eigenvalue weighted by Gasteiger charge is -2.49. The van der Waals surface area contributed by atoms with Gasteiger partial charge < -0.3 is 19.4 Å². The van der Waals surface area contributed by atoms with Crippen LogP contribution in [0.1, 0.15) is 41.4 Å². The first kappa shape index (κ1) is 35.0. The molecule has 2 aliphatic carbocycles. The number of methoxy groups -OCH3 is 1. The number of phenols is 1. The number of aromatic hydroxyl groups is 1. The van der Waals surface area contributed by atoms with Crippen molar-refractivity contribution in [1.29, 1.82) is 0 Å². The van der Waals surface area contributed by atoms with Crippen LogP contribution in [0.2, 0.25) is 10.0 Å². The molecule has 0 unspecified atom stereocenters. The number of hydrogen-bond acceptors (Lipinski definition) is 9. The van der Waals surface area contributed by atoms with Crippen LogP contribution in [0.25, 0.3) is 0 Å². The first-order chi connectivity index (χ1) is 25.6. The molecule has 4 aliphatic rings. The number of nitrogens with one attached hydrogen (secondary N) is 1. The van der Waals surface area contributed by atoms with Gasteiger partial charge in [-0.1, -0.05) is 59.1 Å². The molecule has 1 saturated carbocycles. The van der Waals surface area contributed by atoms with Crippen LogP contribution in [0.4, 0.5) is 5.69 Å². The molecule has 3 N–H and O–H groups in total. The van der Waals surface area contributed by atoms with Crippen molar-refractivity contribution in [2.24, 2.45) is 23.7 Å². The van der Waals surface area contributed by atoms with Crippen molar-refractivity contribution < 1.29 is 38.5 Å². The Morgan fingerprint density at radius 1 is 0.925 bits per heavy atom. The second-order valence-corrected chi connectivity index (χ2v) is 14.8. The van der Waals surface area contributed by atoms with E-state index in [1.54, 1.807) is 72.8 Å². The molecular formula is C40H35Cl2N3O8. The second kappa shape index (κ2) is 13.4. The van der Waals surface area contributed by atoms with Crippen molar-refractivity contribution in [2.45, 2.75) is 37.2 Å². The normalized spacial score (nSPS) is 26.3. The Kier molecular flexibility index (Phi) is 8.83. The van der Waals surface area contributed by atoms with Gasteiger partial charge in [0.15, 0.2) is 0 Å². The molecule has 4 amide bonds. The number of benzene rings is 3. The molecule has 11 nitrogen and oxygen atoms in total. The quantitative estimate of drug-likeness (QED) is 0.138. The van der Waals surface area contributed by atoms with Gasteiger partial charge in [-0.05, 0) is 90.9 Å². The van der Waals surface area contributed by atoms with Gasteiger partial charge in [-0.2, -0.15) is 5.01 Å². The SMILES string of the molecule is COc1ccc([C@@]23C(=O)N(Nc4ccc(Cl)cc4Cl)C(=O)[C@@H]2C[C@@H]2C(=CC[C@@H]4C(=O)N(CCc5ccc(O)cc5)C(=O)[C@@H]42)[C@@H]3c2ccc(CO)o2)cc1. The summed E-state index contributed by atoms with van der Waals surface area (Å²) < 4.78 is 11.7. The highest BCUT2D eigenvalue weighted by atomic mass is 35.5. The number of allylic oxidation sites excluding steroid dienone is 2. The van der Waals surface area contributed by atoms with Gasteiger partial charge in [0.2, 0.25) is 11.8 Å². The van der Waals surface area contributed by atoms with Crippen LogP contribution in [0.3, 0.4) is 0 Å². The summed E-state index contributed by atoms with van der Waals surface area (Å²) in [4.78, 5) is 59.7. The van der Waals surface area contributed by atoms with Crippen LogP contribution in [0.5, 0.6) is 11.5 Å². The summed E-state index contributed by atoms with van der Waals surface area (Å²) in [7, 11) is 1.53. The van der Waals surface area contributed by atoms with Gasteiger partial charge in [-0.25, -0.2) is 0 Å². The maximum absolute atomic E-state index is 15.3. The topological polar surface area (TPSA) is 150 Å². The van der Waals surface area contributed by atoms with Gasteiger partial charge in [0.25, 0.3) is 11.8 Å². The van der Waals surface area contributed by atoms with Crippen LogP contribution in [-0.2, 0) is 37.6 Å². The Morgan fingerprint density at radius 3 is 2.36 bits per heavy atom. The van der Waals surface area contributed by atoms with Crippen molar-refractivity contribution in [1.82, 2.24) is 9.91 Å². The Balaban J connectivity index is 1.25. The van der Waals surface area contributed by atoms with Gasteiger partial charge >= 0.3 is 0 Å². The summed E-state index contributed by atoms with van der Waals surface area (Å²) in [5.74, 6) is -4.26. The lowest BCUT2D eigenvalue weighted by molar-refractivity contribution is -0.141. The summed E-state index contributed by atoms with van der Waals surface area (Å²) >= 11 is 12.7. The Hall–Kier alpha value is -5.10. The van der Waals surface area contributed by atoms with Gasteiger partial charge in [0.1, 0.15) is 35.0 Å². The first-order valence-electron chi connectivity index (χ1n) is 17.3. The molecule has 1 aromatic heterocycles. The average Bonchev–Trinajstić information content (AvgIpc) is 3.80. The minimum Gasteiger partial charge on any atom is -0.508 e. The number of halogens is 2. The average molecular weight is 757 g/mol. The van der Waals surface area contributed by atoms with Crippen LogP contribution in [0.15, 0.2) is 94.9 Å². The number of likely N-dealkylation sites (tertiary alicyclic amines) is 1. The lowest BCUT2D eigenvalue weighted by Crippen LogP contribution is -2.53. The number of imide groups is 2. The third-order valence-electron chi connectivity index (χ3n) is 11.4. The van der Waals surface area contributed by atoms with E-state index < -0.39 is 53.4 Å². The number of aliphatic hydroxyl groups is 1. The molecule has 53 heavy (non-hydrogen) atoms. The Morgan fingerprint density at radius 2 is 1.68 bits per heavy atom. The van der Waals surface area contributed by atoms with E-state index in [0.717, 1.165) is 16.1 Å². The summed E-state index contributed by atoms with van der Waals surface area (Å²) in [6.45, 7) is -0.230. The summed E-state index contributed by atoms with van der Waals surface area (Å²) in [5.41, 5.74) is 3.81. The second-order valence-electron chi connectivity index (χ2n) is 13.9. The third-order valence-corrected chi connectivity index (χ3v) is 11.9. The van der Waals surface area contributed by atoms with Crippen molar-refractivity contribution >= 4 is 52.5 Å². The van der Waals surface area contributed by atoms with Gasteiger partial charge in [0, 0.05) is 11.6 Å². The number of furan rings is 1. The Bertz CT molecular complexity index is 2170. The van der Waals surface area contributed by atoms with Gasteiger partial charge in [-0.15, -0.1) is 0 Å². The van der Waals surface area contributed by atoms with E-state index in [-0.39, 0.29) is 53.4 Å². The third kappa shape index (κ3) is 5.52. The highest BCUT2D eigenvalue weighted by molar-refractivity contribution is 6.36. The maximum atomic E-state index is 15.3. The highest BCUT2D eigenvalue weighted by Crippen LogP contribution is 2.64. The maximum Gasteiger partial charge on any atom is 0.260 e. The molecule has 0 spiro atoms. The fraction of sp³-hybridized carbons (Fsp3) is 0.300. The van der Waals surface area contributed by atoms with Crippen LogP contribution in [0, 0.1) is 23.7 Å². The molecule has 2 saturated heterocycles. The Labute approximate surface area is 314 Å². The van der Waals surface area contributed by atoms with Crippen molar-refractivity contribution in [3.05, 3.63) is 123 Å². The number of nitrogens with zero attached hydrogens (tertiary/aromatic N) is 2. The van der Waals surface area contributed by atoms with Crippen molar-refractivity contribution in [2.75, 3.05) is 19.1 Å². The molecule has 4 aromatic rings. The zero-order valence-electron chi connectivity index (χ0n) is 28.5. The minimum atomic E-state index is -1.57. The molecule has 0 bridgehead atoms. The summed E-state index contributed by atoms with van der Waals surface area (Å²) in [6, 6.07) is 21.6. The monoisotopic (exact) mass is 755 g/mol. The molecule has 3 aromatic carbocycles. The van der Waals surface area contributed by atoms with Crippen LogP contribution in [-0.4, -0.2) is 57.4 Å². The van der Waals surface area contributed by atoms with E-state index in [0.29, 0.717) is 28.5 Å². The van der Waals surface area contributed by atoms with Gasteiger partial charge in [0.05, 0.1) is 41.5 Å². The number of carbonyl (C=O) groups excluding carboxylic acids is 4. The summed E-state index contributed by atoms with van der Waals surface area (Å²) in [5, 5.41) is 21.3. The molecule has 13 heteroatoms. The molecule has 2 aliphatic heterocycles. The van der Waals surface area contributed by atoms with Crippen LogP contribution < -0.4 is 10.2 Å². The number of anilines is 1. The highest BCUT2D eigenvalue weighted by Gasteiger charge is 2.71. The molecule has 6 atom stereocenters. The predicted octanol–water partition coefficient (Wildman–Crippen LogP) is 6.02. The number of phenolic OH excluding ortho intramolecular Hbond substituents is 1. The number of hydrogen-bond donors (Lipinski definition) is 3. The fourth-order valence-electron chi connectivity index (χ4n) is 8.98. The summed E-state index contributed by atoms with van der Waals surface area (Å²) in [6.07, 6.45) is 2.71. The fourth-order valence-corrected chi connectivity index (χ4v) is 9.43. The molecule has 0 radical (unpaired) electrons. The van der Waals surface area contributed by atoms with E-state index in [1.807, 2.05) is 6.08 Å². The van der Waals surface area contributed by atoms with Crippen LogP contribution >= 0.6 is 23.2 Å². The smallest absolute Gasteiger partial charge is 0.260 e. The largest absolute Gasteiger partial charge is 0.508 e. The number of amides is 4. The lowest BCUT2D eigenvalue weighted by atomic mass is 9.50. The molecule has 8 rings (SSSR count). The molecule has 3 heterocycles. The number of carbonyl (C=O) groups is 4. The van der Waals surface area contributed by atoms with E-state index in [4.69, 9.17) is 32.4 Å². The zero-order chi connectivity index (χ0) is 37.2.